The quantitative estimate of drug-likeness (QED) is 0.631. The van der Waals surface area contributed by atoms with Crippen LogP contribution in [0.3, 0.4) is 0 Å². The van der Waals surface area contributed by atoms with E-state index in [1.165, 1.54) is 17.7 Å². The Labute approximate surface area is 115 Å². The maximum absolute atomic E-state index is 5.79. The maximum atomic E-state index is 5.79. The highest BCUT2D eigenvalue weighted by atomic mass is 16.5. The molecule has 2 unspecified atom stereocenters. The summed E-state index contributed by atoms with van der Waals surface area (Å²) in [5.41, 5.74) is 5.39. The number of hydrogen-bond acceptors (Lipinski definition) is 4. The molecule has 0 saturated carbocycles. The average molecular weight is 263 g/mol. The van der Waals surface area contributed by atoms with Gasteiger partial charge in [0.15, 0.2) is 0 Å². The number of fused-ring (bicyclic) bond motifs is 1. The van der Waals surface area contributed by atoms with Crippen molar-refractivity contribution in [2.24, 2.45) is 5.84 Å². The minimum Gasteiger partial charge on any atom is -0.379 e. The SMILES string of the molecule is COC(C)(C)CC(NN)C1CCCc2cccnc21. The van der Waals surface area contributed by atoms with Gasteiger partial charge in [0.25, 0.3) is 0 Å². The van der Waals surface area contributed by atoms with Crippen LogP contribution < -0.4 is 11.3 Å². The molecule has 0 bridgehead atoms. The van der Waals surface area contributed by atoms with Gasteiger partial charge in [0.1, 0.15) is 0 Å². The Morgan fingerprint density at radius 1 is 1.58 bits per heavy atom. The lowest BCUT2D eigenvalue weighted by Gasteiger charge is -2.35. The van der Waals surface area contributed by atoms with E-state index in [9.17, 15) is 0 Å². The Balaban J connectivity index is 2.20. The first-order valence-electron chi connectivity index (χ1n) is 7.02. The summed E-state index contributed by atoms with van der Waals surface area (Å²) in [7, 11) is 1.75. The van der Waals surface area contributed by atoms with Crippen molar-refractivity contribution in [3.05, 3.63) is 29.6 Å². The van der Waals surface area contributed by atoms with E-state index >= 15 is 0 Å². The molecule has 1 aromatic heterocycles. The zero-order chi connectivity index (χ0) is 13.9. The number of hydrazine groups is 1. The normalized spacial score (nSPS) is 20.9. The number of methoxy groups -OCH3 is 1. The van der Waals surface area contributed by atoms with E-state index in [4.69, 9.17) is 10.6 Å². The van der Waals surface area contributed by atoms with Crippen LogP contribution in [0.4, 0.5) is 0 Å². The average Bonchev–Trinajstić information content (AvgIpc) is 2.44. The molecule has 1 aliphatic rings. The Bertz CT molecular complexity index is 420. The molecule has 2 atom stereocenters. The van der Waals surface area contributed by atoms with Crippen molar-refractivity contribution in [1.82, 2.24) is 10.4 Å². The van der Waals surface area contributed by atoms with Gasteiger partial charge in [-0.3, -0.25) is 16.3 Å². The zero-order valence-electron chi connectivity index (χ0n) is 12.1. The molecule has 0 fully saturated rings. The molecule has 0 saturated heterocycles. The highest BCUT2D eigenvalue weighted by molar-refractivity contribution is 5.27. The molecule has 19 heavy (non-hydrogen) atoms. The number of pyridine rings is 1. The van der Waals surface area contributed by atoms with Crippen molar-refractivity contribution in [2.75, 3.05) is 7.11 Å². The van der Waals surface area contributed by atoms with Gasteiger partial charge in [0.2, 0.25) is 0 Å². The first-order chi connectivity index (χ1) is 9.07. The molecule has 3 N–H and O–H groups in total. The summed E-state index contributed by atoms with van der Waals surface area (Å²) in [5.74, 6) is 6.17. The van der Waals surface area contributed by atoms with Crippen LogP contribution in [0.15, 0.2) is 18.3 Å². The highest BCUT2D eigenvalue weighted by Crippen LogP contribution is 2.35. The number of aromatic nitrogens is 1. The lowest BCUT2D eigenvalue weighted by Crippen LogP contribution is -2.45. The summed E-state index contributed by atoms with van der Waals surface area (Å²) in [5, 5.41) is 0. The van der Waals surface area contributed by atoms with E-state index in [-0.39, 0.29) is 11.6 Å². The van der Waals surface area contributed by atoms with Gasteiger partial charge in [-0.15, -0.1) is 0 Å². The van der Waals surface area contributed by atoms with E-state index in [2.05, 4.69) is 30.3 Å². The van der Waals surface area contributed by atoms with Crippen LogP contribution in [0.2, 0.25) is 0 Å². The van der Waals surface area contributed by atoms with Crippen molar-refractivity contribution >= 4 is 0 Å². The monoisotopic (exact) mass is 263 g/mol. The van der Waals surface area contributed by atoms with E-state index in [0.717, 1.165) is 19.3 Å². The second kappa shape index (κ2) is 5.99. The molecule has 0 aromatic carbocycles. The summed E-state index contributed by atoms with van der Waals surface area (Å²) in [6.45, 7) is 4.19. The van der Waals surface area contributed by atoms with E-state index in [1.807, 2.05) is 12.3 Å². The summed E-state index contributed by atoms with van der Waals surface area (Å²) in [6, 6.07) is 4.40. The molecule has 0 amide bonds. The molecule has 0 radical (unpaired) electrons. The number of ether oxygens (including phenoxy) is 1. The smallest absolute Gasteiger partial charge is 0.0638 e. The van der Waals surface area contributed by atoms with Crippen molar-refractivity contribution < 1.29 is 4.74 Å². The third-order valence-electron chi connectivity index (χ3n) is 4.20. The van der Waals surface area contributed by atoms with Gasteiger partial charge in [-0.1, -0.05) is 6.07 Å². The molecule has 4 heteroatoms. The van der Waals surface area contributed by atoms with Gasteiger partial charge >= 0.3 is 0 Å². The van der Waals surface area contributed by atoms with Crippen LogP contribution in [0, 0.1) is 0 Å². The first-order valence-corrected chi connectivity index (χ1v) is 7.02. The number of nitrogens with one attached hydrogen (secondary N) is 1. The third kappa shape index (κ3) is 3.32. The number of aryl methyl sites for hydroxylation is 1. The van der Waals surface area contributed by atoms with Crippen LogP contribution in [0.25, 0.3) is 0 Å². The summed E-state index contributed by atoms with van der Waals surface area (Å²) >= 11 is 0. The predicted octanol–water partition coefficient (Wildman–Crippen LogP) is 2.15. The number of hydrogen-bond donors (Lipinski definition) is 2. The molecule has 0 spiro atoms. The molecule has 106 valence electrons. The van der Waals surface area contributed by atoms with Gasteiger partial charge in [0, 0.05) is 31.0 Å². The minimum atomic E-state index is -0.177. The van der Waals surface area contributed by atoms with Crippen molar-refractivity contribution in [3.8, 4) is 0 Å². The van der Waals surface area contributed by atoms with Crippen molar-refractivity contribution in [1.29, 1.82) is 0 Å². The largest absolute Gasteiger partial charge is 0.379 e. The van der Waals surface area contributed by atoms with Crippen LogP contribution in [0.5, 0.6) is 0 Å². The van der Waals surface area contributed by atoms with Crippen molar-refractivity contribution in [3.63, 3.8) is 0 Å². The molecule has 4 nitrogen and oxygen atoms in total. The fraction of sp³-hybridized carbons (Fsp3) is 0.667. The van der Waals surface area contributed by atoms with Crippen LogP contribution >= 0.6 is 0 Å². The Morgan fingerprint density at radius 2 is 2.37 bits per heavy atom. The summed E-state index contributed by atoms with van der Waals surface area (Å²) in [6.07, 6.45) is 6.23. The molecule has 1 aliphatic carbocycles. The summed E-state index contributed by atoms with van der Waals surface area (Å²) < 4.78 is 5.53. The molecular weight excluding hydrogens is 238 g/mol. The topological polar surface area (TPSA) is 60.2 Å². The third-order valence-corrected chi connectivity index (χ3v) is 4.20. The molecule has 2 rings (SSSR count). The van der Waals surface area contributed by atoms with E-state index in [1.54, 1.807) is 7.11 Å². The van der Waals surface area contributed by atoms with Crippen LogP contribution in [-0.4, -0.2) is 23.7 Å². The second-order valence-electron chi connectivity index (χ2n) is 5.99. The van der Waals surface area contributed by atoms with Gasteiger partial charge < -0.3 is 4.74 Å². The standard InChI is InChI=1S/C15H25N3O/c1-15(2,19-3)10-13(18-16)12-8-4-6-11-7-5-9-17-14(11)12/h5,7,9,12-13,18H,4,6,8,10,16H2,1-3H3. The summed E-state index contributed by atoms with van der Waals surface area (Å²) in [4.78, 5) is 4.59. The Hall–Kier alpha value is -0.970. The Morgan fingerprint density at radius 3 is 3.05 bits per heavy atom. The van der Waals surface area contributed by atoms with Gasteiger partial charge in [-0.05, 0) is 51.2 Å². The Kier molecular flexibility index (Phi) is 4.55. The minimum absolute atomic E-state index is 0.177. The fourth-order valence-electron chi connectivity index (χ4n) is 2.97. The maximum Gasteiger partial charge on any atom is 0.0638 e. The fourth-order valence-corrected chi connectivity index (χ4v) is 2.97. The lowest BCUT2D eigenvalue weighted by atomic mass is 9.79. The molecular formula is C15H25N3O. The number of nitrogens with zero attached hydrogens (tertiary/aromatic N) is 1. The zero-order valence-corrected chi connectivity index (χ0v) is 12.1. The predicted molar refractivity (Wildman–Crippen MR) is 76.7 cm³/mol. The van der Waals surface area contributed by atoms with Crippen LogP contribution in [0.1, 0.15) is 50.3 Å². The molecule has 1 heterocycles. The van der Waals surface area contributed by atoms with Gasteiger partial charge in [-0.25, -0.2) is 0 Å². The lowest BCUT2D eigenvalue weighted by molar-refractivity contribution is 0.00393. The number of rotatable bonds is 5. The molecule has 1 aromatic rings. The van der Waals surface area contributed by atoms with E-state index < -0.39 is 0 Å². The van der Waals surface area contributed by atoms with Crippen molar-refractivity contribution in [2.45, 2.75) is 57.1 Å². The highest BCUT2D eigenvalue weighted by Gasteiger charge is 2.32. The second-order valence-corrected chi connectivity index (χ2v) is 5.99. The van der Waals surface area contributed by atoms with Gasteiger partial charge in [0.05, 0.1) is 5.60 Å². The van der Waals surface area contributed by atoms with Gasteiger partial charge in [-0.2, -0.15) is 0 Å². The van der Waals surface area contributed by atoms with E-state index in [0.29, 0.717) is 5.92 Å². The first kappa shape index (κ1) is 14.4. The number of nitrogens with two attached hydrogens (primary N) is 1. The van der Waals surface area contributed by atoms with Crippen LogP contribution in [-0.2, 0) is 11.2 Å². The molecule has 0 aliphatic heterocycles.